The van der Waals surface area contributed by atoms with E-state index in [0.717, 1.165) is 0 Å². The monoisotopic (exact) mass is 249 g/mol. The van der Waals surface area contributed by atoms with Crippen LogP contribution >= 0.6 is 23.2 Å². The van der Waals surface area contributed by atoms with Crippen molar-refractivity contribution in [3.63, 3.8) is 0 Å². The zero-order valence-electron chi connectivity index (χ0n) is 8.34. The lowest BCUT2D eigenvalue weighted by atomic mass is 10.1. The third-order valence-electron chi connectivity index (χ3n) is 1.89. The van der Waals surface area contributed by atoms with Gasteiger partial charge in [-0.25, -0.2) is 0 Å². The largest absolute Gasteiger partial charge is 0.487 e. The first-order valence-corrected chi connectivity index (χ1v) is 5.21. The Morgan fingerprint density at radius 3 is 2.40 bits per heavy atom. The van der Waals surface area contributed by atoms with Crippen LogP contribution in [0.4, 0.5) is 0 Å². The number of ether oxygens (including phenoxy) is 1. The molecule has 1 aromatic rings. The predicted molar refractivity (Wildman–Crippen MR) is 61.6 cm³/mol. The minimum Gasteiger partial charge on any atom is -0.487 e. The van der Waals surface area contributed by atoms with Crippen molar-refractivity contribution in [1.82, 2.24) is 0 Å². The molecule has 1 unspecified atom stereocenters. The molecule has 15 heavy (non-hydrogen) atoms. The molecule has 0 aliphatic carbocycles. The third-order valence-corrected chi connectivity index (χ3v) is 2.48. The molecule has 1 rings (SSSR count). The van der Waals surface area contributed by atoms with E-state index in [4.69, 9.17) is 33.7 Å². The van der Waals surface area contributed by atoms with E-state index in [2.05, 4.69) is 0 Å². The van der Waals surface area contributed by atoms with Crippen molar-refractivity contribution in [2.75, 3.05) is 13.2 Å². The highest BCUT2D eigenvalue weighted by Gasteiger charge is 2.20. The van der Waals surface area contributed by atoms with Crippen LogP contribution in [0.2, 0.25) is 10.0 Å². The summed E-state index contributed by atoms with van der Waals surface area (Å²) in [6.07, 6.45) is 0. The number of nitrogens with two attached hydrogens (primary N) is 1. The number of aliphatic hydroxyl groups is 1. The Kier molecular flexibility index (Phi) is 4.22. The summed E-state index contributed by atoms with van der Waals surface area (Å²) in [4.78, 5) is 0. The van der Waals surface area contributed by atoms with Gasteiger partial charge in [0.2, 0.25) is 0 Å². The molecule has 0 saturated carbocycles. The van der Waals surface area contributed by atoms with Gasteiger partial charge in [-0.15, -0.1) is 0 Å². The SMILES string of the molecule is CC(O)(CN)COc1c(Cl)cccc1Cl. The molecular weight excluding hydrogens is 237 g/mol. The van der Waals surface area contributed by atoms with Gasteiger partial charge in [0, 0.05) is 6.54 Å². The van der Waals surface area contributed by atoms with E-state index in [1.54, 1.807) is 25.1 Å². The highest BCUT2D eigenvalue weighted by atomic mass is 35.5. The molecule has 0 spiro atoms. The Hall–Kier alpha value is -0.480. The van der Waals surface area contributed by atoms with Crippen molar-refractivity contribution in [3.05, 3.63) is 28.2 Å². The van der Waals surface area contributed by atoms with Crippen molar-refractivity contribution in [2.24, 2.45) is 5.73 Å². The molecule has 0 heterocycles. The van der Waals surface area contributed by atoms with Gasteiger partial charge in [-0.1, -0.05) is 29.3 Å². The van der Waals surface area contributed by atoms with Crippen LogP contribution in [0.3, 0.4) is 0 Å². The van der Waals surface area contributed by atoms with Crippen LogP contribution in [0.5, 0.6) is 5.75 Å². The van der Waals surface area contributed by atoms with Gasteiger partial charge < -0.3 is 15.6 Å². The van der Waals surface area contributed by atoms with Gasteiger partial charge in [-0.2, -0.15) is 0 Å². The van der Waals surface area contributed by atoms with Crippen LogP contribution < -0.4 is 10.5 Å². The molecule has 0 amide bonds. The number of hydrogen-bond donors (Lipinski definition) is 2. The molecule has 1 aromatic carbocycles. The Morgan fingerprint density at radius 1 is 1.40 bits per heavy atom. The van der Waals surface area contributed by atoms with Crippen molar-refractivity contribution < 1.29 is 9.84 Å². The maximum absolute atomic E-state index is 9.63. The summed E-state index contributed by atoms with van der Waals surface area (Å²) in [6, 6.07) is 5.05. The van der Waals surface area contributed by atoms with Crippen LogP contribution in [0.15, 0.2) is 18.2 Å². The van der Waals surface area contributed by atoms with Gasteiger partial charge in [0.05, 0.1) is 10.0 Å². The zero-order valence-corrected chi connectivity index (χ0v) is 9.85. The molecule has 0 bridgehead atoms. The van der Waals surface area contributed by atoms with Gasteiger partial charge in [0.15, 0.2) is 5.75 Å². The van der Waals surface area contributed by atoms with E-state index in [1.165, 1.54) is 0 Å². The van der Waals surface area contributed by atoms with Crippen LogP contribution in [0, 0.1) is 0 Å². The van der Waals surface area contributed by atoms with Crippen molar-refractivity contribution in [3.8, 4) is 5.75 Å². The summed E-state index contributed by atoms with van der Waals surface area (Å²) < 4.78 is 5.33. The van der Waals surface area contributed by atoms with E-state index in [9.17, 15) is 5.11 Å². The summed E-state index contributed by atoms with van der Waals surface area (Å²) in [7, 11) is 0. The molecule has 1 atom stereocenters. The van der Waals surface area contributed by atoms with Gasteiger partial charge in [0.25, 0.3) is 0 Å². The molecule has 0 aromatic heterocycles. The van der Waals surface area contributed by atoms with Gasteiger partial charge in [-0.05, 0) is 19.1 Å². The smallest absolute Gasteiger partial charge is 0.156 e. The lowest BCUT2D eigenvalue weighted by molar-refractivity contribution is 0.0196. The molecule has 0 saturated heterocycles. The van der Waals surface area contributed by atoms with Gasteiger partial charge in [-0.3, -0.25) is 0 Å². The fraction of sp³-hybridized carbons (Fsp3) is 0.400. The maximum Gasteiger partial charge on any atom is 0.156 e. The molecule has 0 fully saturated rings. The second-order valence-corrected chi connectivity index (χ2v) is 4.35. The Morgan fingerprint density at radius 2 is 1.93 bits per heavy atom. The molecule has 5 heteroatoms. The zero-order chi connectivity index (χ0) is 11.5. The standard InChI is InChI=1S/C10H13Cl2NO2/c1-10(14,5-13)6-15-9-7(11)3-2-4-8(9)12/h2-4,14H,5-6,13H2,1H3. The Balaban J connectivity index is 2.73. The number of benzene rings is 1. The maximum atomic E-state index is 9.63. The average Bonchev–Trinajstić information content (AvgIpc) is 2.17. The first-order valence-electron chi connectivity index (χ1n) is 4.45. The van der Waals surface area contributed by atoms with Crippen LogP contribution in [0.25, 0.3) is 0 Å². The molecule has 3 N–H and O–H groups in total. The number of rotatable bonds is 4. The number of para-hydroxylation sites is 1. The average molecular weight is 250 g/mol. The van der Waals surface area contributed by atoms with E-state index in [-0.39, 0.29) is 13.2 Å². The molecule has 0 aliphatic heterocycles. The predicted octanol–water partition coefficient (Wildman–Crippen LogP) is 2.08. The third kappa shape index (κ3) is 3.54. The van der Waals surface area contributed by atoms with Crippen molar-refractivity contribution in [2.45, 2.75) is 12.5 Å². The Labute approximate surface area is 98.7 Å². The first kappa shape index (κ1) is 12.6. The Bertz CT molecular complexity index is 322. The van der Waals surface area contributed by atoms with Crippen LogP contribution in [0.1, 0.15) is 6.92 Å². The van der Waals surface area contributed by atoms with Crippen molar-refractivity contribution >= 4 is 23.2 Å². The minimum absolute atomic E-state index is 0.0486. The minimum atomic E-state index is -1.08. The molecule has 3 nitrogen and oxygen atoms in total. The quantitative estimate of drug-likeness (QED) is 0.860. The number of hydrogen-bond acceptors (Lipinski definition) is 3. The van der Waals surface area contributed by atoms with Gasteiger partial charge >= 0.3 is 0 Å². The van der Waals surface area contributed by atoms with Gasteiger partial charge in [0.1, 0.15) is 12.2 Å². The summed E-state index contributed by atoms with van der Waals surface area (Å²) in [5, 5.41) is 10.5. The van der Waals surface area contributed by atoms with E-state index < -0.39 is 5.60 Å². The summed E-state index contributed by atoms with van der Waals surface area (Å²) in [5.41, 5.74) is 4.27. The summed E-state index contributed by atoms with van der Waals surface area (Å²) in [6.45, 7) is 1.74. The molecule has 84 valence electrons. The summed E-state index contributed by atoms with van der Waals surface area (Å²) >= 11 is 11.8. The fourth-order valence-electron chi connectivity index (χ4n) is 0.907. The lowest BCUT2D eigenvalue weighted by Gasteiger charge is -2.21. The second-order valence-electron chi connectivity index (χ2n) is 3.54. The molecule has 0 radical (unpaired) electrons. The van der Waals surface area contributed by atoms with Crippen LogP contribution in [-0.4, -0.2) is 23.9 Å². The van der Waals surface area contributed by atoms with E-state index in [0.29, 0.717) is 15.8 Å². The van der Waals surface area contributed by atoms with E-state index in [1.807, 2.05) is 0 Å². The first-order chi connectivity index (χ1) is 6.96. The topological polar surface area (TPSA) is 55.5 Å². The highest BCUT2D eigenvalue weighted by molar-refractivity contribution is 6.37. The lowest BCUT2D eigenvalue weighted by Crippen LogP contribution is -2.40. The highest BCUT2D eigenvalue weighted by Crippen LogP contribution is 2.32. The second kappa shape index (κ2) is 5.03. The fourth-order valence-corrected chi connectivity index (χ4v) is 1.41. The molecule has 0 aliphatic rings. The van der Waals surface area contributed by atoms with Crippen LogP contribution in [-0.2, 0) is 0 Å². The van der Waals surface area contributed by atoms with Crippen molar-refractivity contribution in [1.29, 1.82) is 0 Å². The number of halogens is 2. The van der Waals surface area contributed by atoms with E-state index >= 15 is 0 Å². The normalized spacial score (nSPS) is 14.7. The summed E-state index contributed by atoms with van der Waals surface area (Å²) in [5.74, 6) is 0.370. The molecular formula is C10H13Cl2NO2.